The number of piperazine rings is 1. The van der Waals surface area contributed by atoms with Crippen LogP contribution in [0.25, 0.3) is 0 Å². The highest BCUT2D eigenvalue weighted by Gasteiger charge is 2.30. The maximum atomic E-state index is 12.7. The van der Waals surface area contributed by atoms with Crippen molar-refractivity contribution in [3.05, 3.63) is 41.3 Å². The quantitative estimate of drug-likeness (QED) is 0.844. The molecule has 0 saturated carbocycles. The Morgan fingerprint density at radius 2 is 1.70 bits per heavy atom. The Hall–Kier alpha value is -1.57. The van der Waals surface area contributed by atoms with Gasteiger partial charge in [0.1, 0.15) is 5.82 Å². The number of rotatable bonds is 3. The smallest absolute Gasteiger partial charge is 0.262 e. The van der Waals surface area contributed by atoms with Gasteiger partial charge in [-0.25, -0.2) is 13.4 Å². The van der Waals surface area contributed by atoms with Gasteiger partial charge in [0.25, 0.3) is 10.0 Å². The molecule has 0 atom stereocenters. The topological polar surface area (TPSA) is 58.4 Å². The van der Waals surface area contributed by atoms with Crippen molar-refractivity contribution in [1.82, 2.24) is 13.9 Å². The SMILES string of the molecule is Cc1nc(S(=O)(=O)N2CCN(c3ccc(Cl)cc3)CC2)cn1C. The number of aromatic nitrogens is 2. The van der Waals surface area contributed by atoms with Gasteiger partial charge in [-0.1, -0.05) is 11.6 Å². The average molecular weight is 355 g/mol. The molecule has 0 unspecified atom stereocenters. The zero-order chi connectivity index (χ0) is 16.6. The molecule has 2 aromatic rings. The number of hydrogen-bond acceptors (Lipinski definition) is 4. The highest BCUT2D eigenvalue weighted by atomic mass is 35.5. The van der Waals surface area contributed by atoms with Crippen LogP contribution in [0.3, 0.4) is 0 Å². The van der Waals surface area contributed by atoms with Crippen molar-refractivity contribution in [2.24, 2.45) is 7.05 Å². The lowest BCUT2D eigenvalue weighted by Gasteiger charge is -2.35. The van der Waals surface area contributed by atoms with Gasteiger partial charge in [0.2, 0.25) is 0 Å². The van der Waals surface area contributed by atoms with Crippen molar-refractivity contribution in [1.29, 1.82) is 0 Å². The number of hydrogen-bond donors (Lipinski definition) is 0. The molecule has 0 spiro atoms. The molecule has 0 N–H and O–H groups in total. The van der Waals surface area contributed by atoms with Gasteiger partial charge in [0.15, 0.2) is 5.03 Å². The van der Waals surface area contributed by atoms with Crippen LogP contribution in [0.15, 0.2) is 35.5 Å². The Kier molecular flexibility index (Phi) is 4.35. The van der Waals surface area contributed by atoms with Crippen LogP contribution < -0.4 is 4.90 Å². The zero-order valence-electron chi connectivity index (χ0n) is 13.1. The van der Waals surface area contributed by atoms with Gasteiger partial charge in [-0.3, -0.25) is 0 Å². The first-order valence-electron chi connectivity index (χ1n) is 7.38. The molecular weight excluding hydrogens is 336 g/mol. The number of aryl methyl sites for hydroxylation is 2. The number of anilines is 1. The van der Waals surface area contributed by atoms with E-state index in [0.29, 0.717) is 37.0 Å². The van der Waals surface area contributed by atoms with Gasteiger partial charge in [0.05, 0.1) is 0 Å². The Morgan fingerprint density at radius 3 is 2.22 bits per heavy atom. The van der Waals surface area contributed by atoms with Gasteiger partial charge in [-0.05, 0) is 31.2 Å². The fourth-order valence-electron chi connectivity index (χ4n) is 2.62. The summed E-state index contributed by atoms with van der Waals surface area (Å²) in [5.74, 6) is 0.684. The van der Waals surface area contributed by atoms with Crippen LogP contribution in [0.5, 0.6) is 0 Å². The highest BCUT2D eigenvalue weighted by molar-refractivity contribution is 7.89. The van der Waals surface area contributed by atoms with E-state index in [1.54, 1.807) is 24.7 Å². The molecule has 1 aliphatic heterocycles. The minimum absolute atomic E-state index is 0.123. The van der Waals surface area contributed by atoms with E-state index in [0.717, 1.165) is 5.69 Å². The monoisotopic (exact) mass is 354 g/mol. The summed E-state index contributed by atoms with van der Waals surface area (Å²) < 4.78 is 28.5. The first kappa shape index (κ1) is 16.3. The van der Waals surface area contributed by atoms with Gasteiger partial charge < -0.3 is 9.47 Å². The molecule has 2 heterocycles. The molecule has 0 amide bonds. The van der Waals surface area contributed by atoms with Crippen LogP contribution in [0.2, 0.25) is 5.02 Å². The summed E-state index contributed by atoms with van der Waals surface area (Å²) in [5, 5.41) is 0.818. The molecule has 1 saturated heterocycles. The Bertz CT molecular complexity index is 774. The largest absolute Gasteiger partial charge is 0.369 e. The van der Waals surface area contributed by atoms with Gasteiger partial charge >= 0.3 is 0 Å². The fraction of sp³-hybridized carbons (Fsp3) is 0.400. The molecule has 3 rings (SSSR count). The number of halogens is 1. The van der Waals surface area contributed by atoms with Crippen LogP contribution in [0.1, 0.15) is 5.82 Å². The Morgan fingerprint density at radius 1 is 1.09 bits per heavy atom. The lowest BCUT2D eigenvalue weighted by Crippen LogP contribution is -2.48. The number of benzene rings is 1. The lowest BCUT2D eigenvalue weighted by atomic mass is 10.2. The molecule has 0 aliphatic carbocycles. The van der Waals surface area contributed by atoms with E-state index in [-0.39, 0.29) is 5.03 Å². The van der Waals surface area contributed by atoms with Crippen LogP contribution >= 0.6 is 11.6 Å². The van der Waals surface area contributed by atoms with E-state index in [1.165, 1.54) is 4.31 Å². The summed E-state index contributed by atoms with van der Waals surface area (Å²) in [5.41, 5.74) is 1.06. The first-order valence-corrected chi connectivity index (χ1v) is 9.20. The van der Waals surface area contributed by atoms with Crippen molar-refractivity contribution in [3.8, 4) is 0 Å². The summed E-state index contributed by atoms with van der Waals surface area (Å²) in [6.45, 7) is 3.97. The summed E-state index contributed by atoms with van der Waals surface area (Å²) >= 11 is 5.90. The van der Waals surface area contributed by atoms with E-state index in [9.17, 15) is 8.42 Å². The first-order chi connectivity index (χ1) is 10.9. The zero-order valence-corrected chi connectivity index (χ0v) is 14.7. The molecule has 1 aliphatic rings. The van der Waals surface area contributed by atoms with Gasteiger partial charge in [0, 0.05) is 50.1 Å². The Balaban J connectivity index is 1.72. The van der Waals surface area contributed by atoms with E-state index in [1.807, 2.05) is 24.3 Å². The molecule has 8 heteroatoms. The summed E-state index contributed by atoms with van der Waals surface area (Å²) in [6.07, 6.45) is 1.57. The van der Waals surface area contributed by atoms with Crippen molar-refractivity contribution in [3.63, 3.8) is 0 Å². The predicted octanol–water partition coefficient (Wildman–Crippen LogP) is 1.89. The molecule has 124 valence electrons. The predicted molar refractivity (Wildman–Crippen MR) is 90.4 cm³/mol. The van der Waals surface area contributed by atoms with Crippen molar-refractivity contribution < 1.29 is 8.42 Å². The molecule has 0 bridgehead atoms. The Labute approximate surface area is 141 Å². The summed E-state index contributed by atoms with van der Waals surface area (Å²) in [4.78, 5) is 6.31. The average Bonchev–Trinajstić information content (AvgIpc) is 2.88. The van der Waals surface area contributed by atoms with Crippen molar-refractivity contribution >= 4 is 27.3 Å². The standard InChI is InChI=1S/C15H19ClN4O2S/c1-12-17-15(11-18(12)2)23(21,22)20-9-7-19(8-10-20)14-5-3-13(16)4-6-14/h3-6,11H,7-10H2,1-2H3. The normalized spacial score (nSPS) is 16.7. The molecule has 1 aromatic carbocycles. The molecule has 23 heavy (non-hydrogen) atoms. The molecule has 1 aromatic heterocycles. The molecule has 0 radical (unpaired) electrons. The van der Waals surface area contributed by atoms with Crippen LogP contribution in [-0.4, -0.2) is 48.5 Å². The highest BCUT2D eigenvalue weighted by Crippen LogP contribution is 2.22. The summed E-state index contributed by atoms with van der Waals surface area (Å²) in [6, 6.07) is 7.59. The summed E-state index contributed by atoms with van der Waals surface area (Å²) in [7, 11) is -1.73. The number of nitrogens with zero attached hydrogens (tertiary/aromatic N) is 4. The minimum atomic E-state index is -3.52. The van der Waals surface area contributed by atoms with E-state index in [2.05, 4.69) is 9.88 Å². The lowest BCUT2D eigenvalue weighted by molar-refractivity contribution is 0.383. The van der Waals surface area contributed by atoms with Crippen molar-refractivity contribution in [2.45, 2.75) is 11.9 Å². The van der Waals surface area contributed by atoms with E-state index < -0.39 is 10.0 Å². The van der Waals surface area contributed by atoms with Crippen molar-refractivity contribution in [2.75, 3.05) is 31.1 Å². The second kappa shape index (κ2) is 6.14. The maximum absolute atomic E-state index is 12.7. The van der Waals surface area contributed by atoms with Gasteiger partial charge in [-0.2, -0.15) is 4.31 Å². The van der Waals surface area contributed by atoms with E-state index >= 15 is 0 Å². The molecular formula is C15H19ClN4O2S. The minimum Gasteiger partial charge on any atom is -0.369 e. The van der Waals surface area contributed by atoms with Crippen LogP contribution in [-0.2, 0) is 17.1 Å². The number of sulfonamides is 1. The second-order valence-corrected chi connectivity index (χ2v) is 7.93. The third-order valence-electron chi connectivity index (χ3n) is 4.12. The van der Waals surface area contributed by atoms with Crippen LogP contribution in [0.4, 0.5) is 5.69 Å². The third kappa shape index (κ3) is 3.22. The van der Waals surface area contributed by atoms with Gasteiger partial charge in [-0.15, -0.1) is 0 Å². The fourth-order valence-corrected chi connectivity index (χ4v) is 4.19. The molecule has 1 fully saturated rings. The number of imidazole rings is 1. The molecule has 6 nitrogen and oxygen atoms in total. The van der Waals surface area contributed by atoms with Crippen LogP contribution in [0, 0.1) is 6.92 Å². The second-order valence-electron chi connectivity index (χ2n) is 5.60. The maximum Gasteiger partial charge on any atom is 0.262 e. The van der Waals surface area contributed by atoms with E-state index in [4.69, 9.17) is 11.6 Å². The third-order valence-corrected chi connectivity index (χ3v) is 6.14.